The first-order chi connectivity index (χ1) is 15.0. The van der Waals surface area contributed by atoms with E-state index in [0.29, 0.717) is 16.4 Å². The van der Waals surface area contributed by atoms with Gasteiger partial charge in [0.1, 0.15) is 10.7 Å². The van der Waals surface area contributed by atoms with E-state index in [2.05, 4.69) is 20.7 Å². The van der Waals surface area contributed by atoms with E-state index in [1.54, 1.807) is 53.0 Å². The average Bonchev–Trinajstić information content (AvgIpc) is 3.39. The van der Waals surface area contributed by atoms with Crippen LogP contribution in [0.4, 0.5) is 10.5 Å². The van der Waals surface area contributed by atoms with E-state index in [-0.39, 0.29) is 24.7 Å². The van der Waals surface area contributed by atoms with Gasteiger partial charge in [0, 0.05) is 23.3 Å². The van der Waals surface area contributed by atoms with Crippen molar-refractivity contribution in [2.75, 3.05) is 11.9 Å². The third kappa shape index (κ3) is 5.19. The fraction of sp³-hybridized carbons (Fsp3) is 0.143. The molecular formula is C21H18ClN5O2S2. The zero-order valence-corrected chi connectivity index (χ0v) is 18.9. The summed E-state index contributed by atoms with van der Waals surface area (Å²) in [6.07, 6.45) is 0. The molecule has 2 amide bonds. The molecule has 0 saturated heterocycles. The largest absolute Gasteiger partial charge is 0.336 e. The molecule has 0 spiro atoms. The summed E-state index contributed by atoms with van der Waals surface area (Å²) in [4.78, 5) is 31.0. The Labute approximate surface area is 191 Å². The number of thiophene rings is 1. The van der Waals surface area contributed by atoms with Gasteiger partial charge in [0.15, 0.2) is 0 Å². The van der Waals surface area contributed by atoms with E-state index >= 15 is 0 Å². The summed E-state index contributed by atoms with van der Waals surface area (Å²) in [5.74, 6) is 0. The number of benzene rings is 1. The van der Waals surface area contributed by atoms with Gasteiger partial charge < -0.3 is 10.6 Å². The summed E-state index contributed by atoms with van der Waals surface area (Å²) in [6, 6.07) is 13.7. The van der Waals surface area contributed by atoms with Crippen LogP contribution in [-0.2, 0) is 6.54 Å². The second-order valence-electron chi connectivity index (χ2n) is 6.58. The van der Waals surface area contributed by atoms with Gasteiger partial charge in [-0.2, -0.15) is 5.10 Å². The first kappa shape index (κ1) is 21.2. The molecule has 4 aromatic rings. The lowest BCUT2D eigenvalue weighted by Gasteiger charge is -2.09. The van der Waals surface area contributed by atoms with Crippen LogP contribution in [-0.4, -0.2) is 27.3 Å². The number of amides is 2. The number of anilines is 1. The number of hydrogen-bond acceptors (Lipinski definition) is 6. The quantitative estimate of drug-likeness (QED) is 0.419. The number of hydrogen-bond donors (Lipinski definition) is 2. The van der Waals surface area contributed by atoms with Crippen LogP contribution in [0.25, 0.3) is 20.5 Å². The van der Waals surface area contributed by atoms with Crippen LogP contribution in [0.3, 0.4) is 0 Å². The summed E-state index contributed by atoms with van der Waals surface area (Å²) in [7, 11) is 0. The molecule has 2 N–H and O–H groups in total. The molecule has 3 aromatic heterocycles. The van der Waals surface area contributed by atoms with E-state index in [4.69, 9.17) is 11.6 Å². The van der Waals surface area contributed by atoms with E-state index in [9.17, 15) is 9.59 Å². The average molecular weight is 472 g/mol. The lowest BCUT2D eigenvalue weighted by molar-refractivity contribution is 0.251. The number of halogens is 1. The molecule has 0 saturated carbocycles. The Bertz CT molecular complexity index is 1270. The van der Waals surface area contributed by atoms with Gasteiger partial charge in [-0.05, 0) is 42.6 Å². The van der Waals surface area contributed by atoms with Crippen molar-refractivity contribution in [1.82, 2.24) is 20.1 Å². The summed E-state index contributed by atoms with van der Waals surface area (Å²) in [5, 5.41) is 13.4. The topological polar surface area (TPSA) is 88.9 Å². The van der Waals surface area contributed by atoms with Crippen molar-refractivity contribution >= 4 is 46.0 Å². The predicted octanol–water partition coefficient (Wildman–Crippen LogP) is 4.88. The van der Waals surface area contributed by atoms with Gasteiger partial charge in [0.05, 0.1) is 22.0 Å². The summed E-state index contributed by atoms with van der Waals surface area (Å²) in [6.45, 7) is 2.41. The van der Waals surface area contributed by atoms with E-state index < -0.39 is 0 Å². The normalized spacial score (nSPS) is 10.8. The van der Waals surface area contributed by atoms with Crippen molar-refractivity contribution < 1.29 is 4.79 Å². The number of carbonyl (C=O) groups is 1. The van der Waals surface area contributed by atoms with Crippen molar-refractivity contribution in [3.63, 3.8) is 0 Å². The maximum atomic E-state index is 12.2. The molecule has 1 aromatic carbocycles. The SMILES string of the molecule is Cc1nc(-c2cccs2)sc1-c1ccc(=O)n(CCNC(=O)Nc2cccc(Cl)c2)n1. The third-order valence-corrected chi connectivity index (χ3v) is 6.77. The minimum Gasteiger partial charge on any atom is -0.336 e. The molecule has 158 valence electrons. The molecule has 0 fully saturated rings. The highest BCUT2D eigenvalue weighted by Gasteiger charge is 2.14. The summed E-state index contributed by atoms with van der Waals surface area (Å²) >= 11 is 9.10. The van der Waals surface area contributed by atoms with Gasteiger partial charge in [-0.15, -0.1) is 22.7 Å². The summed E-state index contributed by atoms with van der Waals surface area (Å²) < 4.78 is 1.35. The number of aromatic nitrogens is 3. The van der Waals surface area contributed by atoms with Crippen LogP contribution in [0.15, 0.2) is 58.7 Å². The van der Waals surface area contributed by atoms with E-state index in [1.807, 2.05) is 24.4 Å². The molecule has 10 heteroatoms. The Morgan fingerprint density at radius 1 is 1.19 bits per heavy atom. The molecule has 0 aliphatic carbocycles. The Balaban J connectivity index is 1.43. The molecule has 0 unspecified atom stereocenters. The lowest BCUT2D eigenvalue weighted by Crippen LogP contribution is -2.34. The molecule has 0 aliphatic rings. The monoisotopic (exact) mass is 471 g/mol. The zero-order valence-electron chi connectivity index (χ0n) is 16.5. The molecule has 0 aliphatic heterocycles. The lowest BCUT2D eigenvalue weighted by atomic mass is 10.3. The number of nitrogens with one attached hydrogen (secondary N) is 2. The van der Waals surface area contributed by atoms with Crippen molar-refractivity contribution in [3.05, 3.63) is 75.0 Å². The Hall–Kier alpha value is -3.01. The van der Waals surface area contributed by atoms with Gasteiger partial charge >= 0.3 is 6.03 Å². The van der Waals surface area contributed by atoms with Crippen molar-refractivity contribution in [2.24, 2.45) is 0 Å². The van der Waals surface area contributed by atoms with Gasteiger partial charge in [0.25, 0.3) is 5.56 Å². The minimum absolute atomic E-state index is 0.235. The Morgan fingerprint density at radius 2 is 2.06 bits per heavy atom. The highest BCUT2D eigenvalue weighted by atomic mass is 35.5. The number of thiazole rings is 1. The van der Waals surface area contributed by atoms with Crippen LogP contribution in [0.1, 0.15) is 5.69 Å². The van der Waals surface area contributed by atoms with Crippen molar-refractivity contribution in [3.8, 4) is 20.5 Å². The summed E-state index contributed by atoms with van der Waals surface area (Å²) in [5.41, 5.74) is 1.90. The number of aryl methyl sites for hydroxylation is 1. The van der Waals surface area contributed by atoms with Crippen LogP contribution in [0.2, 0.25) is 5.02 Å². The highest BCUT2D eigenvalue weighted by Crippen LogP contribution is 2.35. The second kappa shape index (κ2) is 9.42. The molecular weight excluding hydrogens is 454 g/mol. The molecule has 0 radical (unpaired) electrons. The van der Waals surface area contributed by atoms with Crippen molar-refractivity contribution in [1.29, 1.82) is 0 Å². The highest BCUT2D eigenvalue weighted by molar-refractivity contribution is 7.23. The minimum atomic E-state index is -0.384. The van der Waals surface area contributed by atoms with Crippen LogP contribution in [0, 0.1) is 6.92 Å². The van der Waals surface area contributed by atoms with Gasteiger partial charge in [-0.25, -0.2) is 14.5 Å². The maximum Gasteiger partial charge on any atom is 0.319 e. The van der Waals surface area contributed by atoms with Crippen LogP contribution < -0.4 is 16.2 Å². The molecule has 4 rings (SSSR count). The van der Waals surface area contributed by atoms with Gasteiger partial charge in [0.2, 0.25) is 0 Å². The van der Waals surface area contributed by atoms with Crippen molar-refractivity contribution in [2.45, 2.75) is 13.5 Å². The maximum absolute atomic E-state index is 12.2. The first-order valence-electron chi connectivity index (χ1n) is 9.40. The first-order valence-corrected chi connectivity index (χ1v) is 11.5. The fourth-order valence-corrected chi connectivity index (χ4v) is 4.91. The van der Waals surface area contributed by atoms with Crippen LogP contribution in [0.5, 0.6) is 0 Å². The second-order valence-corrected chi connectivity index (χ2v) is 8.97. The fourth-order valence-electron chi connectivity index (χ4n) is 2.89. The number of carbonyl (C=O) groups excluding carboxylic acids is 1. The molecule has 7 nitrogen and oxygen atoms in total. The number of nitrogens with zero attached hydrogens (tertiary/aromatic N) is 3. The smallest absolute Gasteiger partial charge is 0.319 e. The van der Waals surface area contributed by atoms with Gasteiger partial charge in [-0.1, -0.05) is 23.7 Å². The standard InChI is InChI=1S/C21H18ClN5O2S2/c1-13-19(31-20(24-13)17-6-3-11-30-17)16-7-8-18(28)27(26-16)10-9-23-21(29)25-15-5-2-4-14(22)12-15/h2-8,11-12H,9-10H2,1H3,(H2,23,25,29). The van der Waals surface area contributed by atoms with Gasteiger partial charge in [-0.3, -0.25) is 4.79 Å². The molecule has 0 atom stereocenters. The third-order valence-electron chi connectivity index (χ3n) is 4.32. The Morgan fingerprint density at radius 3 is 2.84 bits per heavy atom. The Kier molecular flexibility index (Phi) is 6.45. The number of rotatable bonds is 6. The molecule has 31 heavy (non-hydrogen) atoms. The number of urea groups is 1. The molecule has 3 heterocycles. The molecule has 0 bridgehead atoms. The predicted molar refractivity (Wildman–Crippen MR) is 126 cm³/mol. The van der Waals surface area contributed by atoms with Crippen LogP contribution >= 0.6 is 34.3 Å². The van der Waals surface area contributed by atoms with E-state index in [0.717, 1.165) is 20.5 Å². The van der Waals surface area contributed by atoms with E-state index in [1.165, 1.54) is 10.7 Å². The zero-order chi connectivity index (χ0) is 21.8.